The fourth-order valence-corrected chi connectivity index (χ4v) is 1.46. The summed E-state index contributed by atoms with van der Waals surface area (Å²) in [5, 5.41) is 0.533. The zero-order valence-corrected chi connectivity index (χ0v) is 9.48. The minimum Gasteiger partial charge on any atom is -0.325 e. The Morgan fingerprint density at radius 1 is 1.20 bits per heavy atom. The van der Waals surface area contributed by atoms with Gasteiger partial charge in [0, 0.05) is 5.02 Å². The Balaban J connectivity index is 3.10. The maximum Gasteiger partial charge on any atom is 0.269 e. The topological polar surface area (TPSA) is 26.0 Å². The highest BCUT2D eigenvalue weighted by Crippen LogP contribution is 2.38. The second-order valence-corrected chi connectivity index (χ2v) is 4.48. The summed E-state index contributed by atoms with van der Waals surface area (Å²) in [7, 11) is 0. The maximum absolute atomic E-state index is 13.6. The Labute approximate surface area is 93.2 Å². The van der Waals surface area contributed by atoms with Crippen LogP contribution in [0.3, 0.4) is 0 Å². The average molecular weight is 234 g/mol. The summed E-state index contributed by atoms with van der Waals surface area (Å²) in [6.07, 6.45) is 0. The van der Waals surface area contributed by atoms with Crippen LogP contribution in [0.1, 0.15) is 19.4 Å². The minimum absolute atomic E-state index is 0.530. The van der Waals surface area contributed by atoms with Gasteiger partial charge in [-0.15, -0.1) is 0 Å². The zero-order chi connectivity index (χ0) is 11.7. The number of hydrogen-bond donors (Lipinski definition) is 1. The Morgan fingerprint density at radius 3 is 2.07 bits per heavy atom. The van der Waals surface area contributed by atoms with Gasteiger partial charge in [-0.05, 0) is 31.5 Å². The van der Waals surface area contributed by atoms with Crippen molar-refractivity contribution >= 4 is 11.6 Å². The van der Waals surface area contributed by atoms with Crippen LogP contribution in [0.25, 0.3) is 0 Å². The summed E-state index contributed by atoms with van der Waals surface area (Å²) in [6.45, 7) is 2.29. The van der Waals surface area contributed by atoms with E-state index in [9.17, 15) is 8.78 Å². The van der Waals surface area contributed by atoms with Crippen LogP contribution in [-0.4, -0.2) is 12.5 Å². The second kappa shape index (κ2) is 4.06. The number of hydrogen-bond acceptors (Lipinski definition) is 1. The molecule has 0 unspecified atom stereocenters. The van der Waals surface area contributed by atoms with Gasteiger partial charge in [-0.2, -0.15) is 0 Å². The van der Waals surface area contributed by atoms with E-state index in [2.05, 4.69) is 0 Å². The molecule has 84 valence electrons. The van der Waals surface area contributed by atoms with Gasteiger partial charge in [0.1, 0.15) is 0 Å². The van der Waals surface area contributed by atoms with Gasteiger partial charge >= 0.3 is 0 Å². The van der Waals surface area contributed by atoms with Gasteiger partial charge in [-0.25, -0.2) is 8.78 Å². The molecule has 4 heteroatoms. The van der Waals surface area contributed by atoms with Crippen LogP contribution in [0, 0.1) is 0 Å². The molecule has 0 saturated heterocycles. The molecule has 1 nitrogen and oxygen atoms in total. The number of nitrogens with two attached hydrogens (primary N) is 1. The van der Waals surface area contributed by atoms with E-state index in [1.165, 1.54) is 13.8 Å². The molecule has 0 aliphatic heterocycles. The summed E-state index contributed by atoms with van der Waals surface area (Å²) < 4.78 is 27.1. The quantitative estimate of drug-likeness (QED) is 0.853. The first kappa shape index (κ1) is 12.4. The van der Waals surface area contributed by atoms with Gasteiger partial charge < -0.3 is 5.73 Å². The van der Waals surface area contributed by atoms with E-state index in [0.29, 0.717) is 10.6 Å². The predicted molar refractivity (Wildman–Crippen MR) is 58.5 cm³/mol. The molecule has 0 radical (unpaired) electrons. The standard InChI is InChI=1S/C11H14ClF2N/c1-10(2,11(13,14)7-15)8-3-5-9(12)6-4-8/h3-6H,7,15H2,1-2H3. The smallest absolute Gasteiger partial charge is 0.269 e. The Kier molecular flexibility index (Phi) is 3.36. The summed E-state index contributed by atoms with van der Waals surface area (Å²) >= 11 is 5.70. The van der Waals surface area contributed by atoms with Gasteiger partial charge in [0.15, 0.2) is 0 Å². The molecule has 0 spiro atoms. The van der Waals surface area contributed by atoms with E-state index < -0.39 is 17.9 Å². The van der Waals surface area contributed by atoms with Gasteiger partial charge in [-0.1, -0.05) is 23.7 Å². The fraction of sp³-hybridized carbons (Fsp3) is 0.455. The van der Waals surface area contributed by atoms with Crippen molar-refractivity contribution in [2.45, 2.75) is 25.2 Å². The first-order chi connectivity index (χ1) is 6.81. The Morgan fingerprint density at radius 2 is 1.67 bits per heavy atom. The molecule has 0 heterocycles. The van der Waals surface area contributed by atoms with Gasteiger partial charge in [0.2, 0.25) is 0 Å². The van der Waals surface area contributed by atoms with Crippen LogP contribution in [-0.2, 0) is 5.41 Å². The van der Waals surface area contributed by atoms with Crippen molar-refractivity contribution in [2.24, 2.45) is 5.73 Å². The van der Waals surface area contributed by atoms with Crippen LogP contribution < -0.4 is 5.73 Å². The van der Waals surface area contributed by atoms with Crippen LogP contribution in [0.2, 0.25) is 5.02 Å². The lowest BCUT2D eigenvalue weighted by Crippen LogP contribution is -2.46. The molecule has 0 aliphatic rings. The van der Waals surface area contributed by atoms with E-state index in [1.54, 1.807) is 24.3 Å². The van der Waals surface area contributed by atoms with Gasteiger partial charge in [0.05, 0.1) is 12.0 Å². The normalized spacial score (nSPS) is 12.9. The van der Waals surface area contributed by atoms with Crippen molar-refractivity contribution in [3.05, 3.63) is 34.9 Å². The molecule has 1 aromatic carbocycles. The molecule has 1 aromatic rings. The summed E-state index contributed by atoms with van der Waals surface area (Å²) in [6, 6.07) is 6.41. The van der Waals surface area contributed by atoms with Crippen LogP contribution >= 0.6 is 11.6 Å². The highest BCUT2D eigenvalue weighted by atomic mass is 35.5. The molecule has 15 heavy (non-hydrogen) atoms. The lowest BCUT2D eigenvalue weighted by atomic mass is 9.78. The monoisotopic (exact) mass is 233 g/mol. The van der Waals surface area contributed by atoms with E-state index in [1.807, 2.05) is 0 Å². The lowest BCUT2D eigenvalue weighted by molar-refractivity contribution is -0.0560. The molecule has 0 fully saturated rings. The molecule has 0 amide bonds. The van der Waals surface area contributed by atoms with Gasteiger partial charge in [0.25, 0.3) is 5.92 Å². The molecule has 0 saturated carbocycles. The molecular formula is C11H14ClF2N. The van der Waals surface area contributed by atoms with Crippen molar-refractivity contribution in [3.63, 3.8) is 0 Å². The third-order valence-electron chi connectivity index (χ3n) is 2.74. The predicted octanol–water partition coefficient (Wildman–Crippen LogP) is 3.21. The molecule has 0 aromatic heterocycles. The van der Waals surface area contributed by atoms with E-state index >= 15 is 0 Å². The first-order valence-corrected chi connectivity index (χ1v) is 5.03. The van der Waals surface area contributed by atoms with E-state index in [0.717, 1.165) is 0 Å². The van der Waals surface area contributed by atoms with Crippen molar-refractivity contribution in [1.82, 2.24) is 0 Å². The number of rotatable bonds is 3. The molecule has 0 bridgehead atoms. The highest BCUT2D eigenvalue weighted by molar-refractivity contribution is 6.30. The van der Waals surface area contributed by atoms with Crippen molar-refractivity contribution < 1.29 is 8.78 Å². The molecule has 2 N–H and O–H groups in total. The summed E-state index contributed by atoms with van der Waals surface area (Å²) in [5.74, 6) is -2.93. The zero-order valence-electron chi connectivity index (χ0n) is 8.73. The Bertz CT molecular complexity index is 333. The number of halogens is 3. The maximum atomic E-state index is 13.6. The third kappa shape index (κ3) is 2.29. The largest absolute Gasteiger partial charge is 0.325 e. The number of benzene rings is 1. The Hall–Kier alpha value is -0.670. The van der Waals surface area contributed by atoms with E-state index in [4.69, 9.17) is 17.3 Å². The van der Waals surface area contributed by atoms with Crippen LogP contribution in [0.15, 0.2) is 24.3 Å². The average Bonchev–Trinajstić information content (AvgIpc) is 2.18. The summed E-state index contributed by atoms with van der Waals surface area (Å²) in [4.78, 5) is 0. The lowest BCUT2D eigenvalue weighted by Gasteiger charge is -2.33. The fourth-order valence-electron chi connectivity index (χ4n) is 1.33. The SMILES string of the molecule is CC(C)(c1ccc(Cl)cc1)C(F)(F)CN. The second-order valence-electron chi connectivity index (χ2n) is 4.04. The molecule has 1 rings (SSSR count). The molecule has 0 atom stereocenters. The van der Waals surface area contributed by atoms with Crippen LogP contribution in [0.4, 0.5) is 8.78 Å². The summed E-state index contributed by atoms with van der Waals surface area (Å²) in [5.41, 5.74) is 4.33. The van der Waals surface area contributed by atoms with Crippen molar-refractivity contribution in [3.8, 4) is 0 Å². The van der Waals surface area contributed by atoms with E-state index in [-0.39, 0.29) is 0 Å². The van der Waals surface area contributed by atoms with Crippen molar-refractivity contribution in [1.29, 1.82) is 0 Å². The minimum atomic E-state index is -2.93. The third-order valence-corrected chi connectivity index (χ3v) is 2.99. The van der Waals surface area contributed by atoms with Crippen molar-refractivity contribution in [2.75, 3.05) is 6.54 Å². The van der Waals surface area contributed by atoms with Gasteiger partial charge in [-0.3, -0.25) is 0 Å². The molecule has 0 aliphatic carbocycles. The van der Waals surface area contributed by atoms with Crippen LogP contribution in [0.5, 0.6) is 0 Å². The first-order valence-electron chi connectivity index (χ1n) is 4.65. The highest BCUT2D eigenvalue weighted by Gasteiger charge is 2.46. The number of alkyl halides is 2. The molecular weight excluding hydrogens is 220 g/mol.